The Kier molecular flexibility index (Phi) is 3.48. The molecule has 0 aliphatic rings. The zero-order valence-corrected chi connectivity index (χ0v) is 9.02. The summed E-state index contributed by atoms with van der Waals surface area (Å²) in [6.45, 7) is 5.29. The molecule has 1 rings (SSSR count). The van der Waals surface area contributed by atoms with Crippen LogP contribution in [0.25, 0.3) is 0 Å². The van der Waals surface area contributed by atoms with Gasteiger partial charge < -0.3 is 5.32 Å². The summed E-state index contributed by atoms with van der Waals surface area (Å²) < 4.78 is 2.01. The minimum Gasteiger partial charge on any atom is -0.319 e. The van der Waals surface area contributed by atoms with Crippen molar-refractivity contribution in [3.63, 3.8) is 0 Å². The highest BCUT2D eigenvalue weighted by molar-refractivity contribution is 5.25. The van der Waals surface area contributed by atoms with Crippen LogP contribution in [0.1, 0.15) is 23.9 Å². The van der Waals surface area contributed by atoms with E-state index in [1.807, 2.05) is 18.8 Å². The van der Waals surface area contributed by atoms with Crippen LogP contribution in [0, 0.1) is 6.92 Å². The molecule has 74 valence electrons. The van der Waals surface area contributed by atoms with Crippen LogP contribution >= 0.6 is 0 Å². The van der Waals surface area contributed by atoms with Crippen molar-refractivity contribution in [3.05, 3.63) is 17.0 Å². The molecule has 0 aliphatic heterocycles. The molecule has 0 amide bonds. The first-order chi connectivity index (χ1) is 6.20. The maximum absolute atomic E-state index is 4.42. The van der Waals surface area contributed by atoms with Crippen LogP contribution in [0.4, 0.5) is 0 Å². The van der Waals surface area contributed by atoms with Gasteiger partial charge in [-0.3, -0.25) is 4.68 Å². The van der Waals surface area contributed by atoms with Gasteiger partial charge in [0.15, 0.2) is 0 Å². The van der Waals surface area contributed by atoms with Crippen molar-refractivity contribution in [3.8, 4) is 0 Å². The molecule has 0 aromatic carbocycles. The Morgan fingerprint density at radius 1 is 1.46 bits per heavy atom. The van der Waals surface area contributed by atoms with Gasteiger partial charge in [0.25, 0.3) is 0 Å². The lowest BCUT2D eigenvalue weighted by Gasteiger charge is -2.04. The second kappa shape index (κ2) is 4.42. The first-order valence-corrected chi connectivity index (χ1v) is 4.86. The van der Waals surface area contributed by atoms with Gasteiger partial charge in [0, 0.05) is 25.7 Å². The first-order valence-electron chi connectivity index (χ1n) is 4.86. The molecule has 0 spiro atoms. The Morgan fingerprint density at radius 3 is 2.69 bits per heavy atom. The van der Waals surface area contributed by atoms with Gasteiger partial charge in [-0.25, -0.2) is 0 Å². The van der Waals surface area contributed by atoms with E-state index in [0.29, 0.717) is 0 Å². The first kappa shape index (κ1) is 10.3. The Morgan fingerprint density at radius 2 is 2.15 bits per heavy atom. The average Bonchev–Trinajstić information content (AvgIpc) is 2.37. The summed E-state index contributed by atoms with van der Waals surface area (Å²) in [6, 6.07) is 0. The Bertz CT molecular complexity index is 276. The number of likely N-dealkylation sites (N-methyl/N-ethyl adjacent to an activating group) is 1. The fraction of sp³-hybridized carbons (Fsp3) is 0.700. The smallest absolute Gasteiger partial charge is 0.0628 e. The molecule has 0 atom stereocenters. The summed E-state index contributed by atoms with van der Waals surface area (Å²) >= 11 is 0. The van der Waals surface area contributed by atoms with E-state index in [1.165, 1.54) is 17.0 Å². The van der Waals surface area contributed by atoms with Crippen LogP contribution in [0.2, 0.25) is 0 Å². The number of nitrogens with zero attached hydrogens (tertiary/aromatic N) is 2. The Labute approximate surface area is 80.1 Å². The summed E-state index contributed by atoms with van der Waals surface area (Å²) in [6.07, 6.45) is 2.15. The molecule has 13 heavy (non-hydrogen) atoms. The highest BCUT2D eigenvalue weighted by Crippen LogP contribution is 2.13. The number of nitrogens with one attached hydrogen (secondary N) is 1. The molecule has 1 heterocycles. The third-order valence-electron chi connectivity index (χ3n) is 2.44. The van der Waals surface area contributed by atoms with E-state index < -0.39 is 0 Å². The Hall–Kier alpha value is -0.830. The number of hydrogen-bond acceptors (Lipinski definition) is 2. The number of aromatic nitrogens is 2. The lowest BCUT2D eigenvalue weighted by atomic mass is 10.1. The van der Waals surface area contributed by atoms with Gasteiger partial charge >= 0.3 is 0 Å². The minimum absolute atomic E-state index is 1.02. The lowest BCUT2D eigenvalue weighted by molar-refractivity contribution is 0.674. The average molecular weight is 181 g/mol. The van der Waals surface area contributed by atoms with Crippen LogP contribution < -0.4 is 5.32 Å². The van der Waals surface area contributed by atoms with Crippen molar-refractivity contribution >= 4 is 0 Å². The fourth-order valence-electron chi connectivity index (χ4n) is 1.77. The number of hydrogen-bond donors (Lipinski definition) is 1. The lowest BCUT2D eigenvalue weighted by Crippen LogP contribution is -2.13. The minimum atomic E-state index is 1.02. The molecule has 0 fully saturated rings. The molecule has 0 unspecified atom stereocenters. The molecular formula is C10H19N3. The van der Waals surface area contributed by atoms with Crippen molar-refractivity contribution in [2.75, 3.05) is 13.6 Å². The second-order valence-corrected chi connectivity index (χ2v) is 3.34. The van der Waals surface area contributed by atoms with Gasteiger partial charge in [-0.05, 0) is 26.0 Å². The van der Waals surface area contributed by atoms with Crippen LogP contribution in [0.5, 0.6) is 0 Å². The van der Waals surface area contributed by atoms with E-state index in [-0.39, 0.29) is 0 Å². The molecule has 0 aliphatic carbocycles. The standard InChI is InChI=1S/C10H19N3/c1-5-9-8(2)12-13(4)10(9)6-7-11-3/h11H,5-7H2,1-4H3. The topological polar surface area (TPSA) is 29.9 Å². The molecule has 0 radical (unpaired) electrons. The quantitative estimate of drug-likeness (QED) is 0.752. The largest absolute Gasteiger partial charge is 0.319 e. The van der Waals surface area contributed by atoms with E-state index in [4.69, 9.17) is 0 Å². The normalized spacial score (nSPS) is 10.8. The number of aryl methyl sites for hydroxylation is 2. The third-order valence-corrected chi connectivity index (χ3v) is 2.44. The fourth-order valence-corrected chi connectivity index (χ4v) is 1.77. The molecule has 0 bridgehead atoms. The van der Waals surface area contributed by atoms with Crippen molar-refractivity contribution in [1.29, 1.82) is 0 Å². The van der Waals surface area contributed by atoms with Crippen molar-refractivity contribution in [2.24, 2.45) is 7.05 Å². The van der Waals surface area contributed by atoms with Gasteiger partial charge in [-0.1, -0.05) is 6.92 Å². The summed E-state index contributed by atoms with van der Waals surface area (Å²) in [5, 5.41) is 7.59. The molecule has 1 aromatic rings. The van der Waals surface area contributed by atoms with E-state index in [9.17, 15) is 0 Å². The van der Waals surface area contributed by atoms with Crippen molar-refractivity contribution in [1.82, 2.24) is 15.1 Å². The van der Waals surface area contributed by atoms with Crippen LogP contribution in [0.3, 0.4) is 0 Å². The third kappa shape index (κ3) is 2.10. The maximum Gasteiger partial charge on any atom is 0.0628 e. The maximum atomic E-state index is 4.42. The molecule has 0 saturated heterocycles. The van der Waals surface area contributed by atoms with Gasteiger partial charge in [-0.15, -0.1) is 0 Å². The van der Waals surface area contributed by atoms with Crippen LogP contribution in [0.15, 0.2) is 0 Å². The molecule has 1 N–H and O–H groups in total. The monoisotopic (exact) mass is 181 g/mol. The highest BCUT2D eigenvalue weighted by Gasteiger charge is 2.09. The van der Waals surface area contributed by atoms with Gasteiger partial charge in [0.05, 0.1) is 5.69 Å². The van der Waals surface area contributed by atoms with Gasteiger partial charge in [0.1, 0.15) is 0 Å². The van der Waals surface area contributed by atoms with Gasteiger partial charge in [-0.2, -0.15) is 5.10 Å². The van der Waals surface area contributed by atoms with E-state index in [2.05, 4.69) is 24.3 Å². The summed E-state index contributed by atoms with van der Waals surface area (Å²) in [7, 11) is 4.01. The van der Waals surface area contributed by atoms with Crippen molar-refractivity contribution < 1.29 is 0 Å². The molecular weight excluding hydrogens is 162 g/mol. The second-order valence-electron chi connectivity index (χ2n) is 3.34. The van der Waals surface area contributed by atoms with E-state index >= 15 is 0 Å². The van der Waals surface area contributed by atoms with Crippen molar-refractivity contribution in [2.45, 2.75) is 26.7 Å². The van der Waals surface area contributed by atoms with Crippen LogP contribution in [-0.2, 0) is 19.9 Å². The molecule has 3 heteroatoms. The summed E-state index contributed by atoms with van der Waals surface area (Å²) in [5.41, 5.74) is 3.96. The van der Waals surface area contributed by atoms with Crippen LogP contribution in [-0.4, -0.2) is 23.4 Å². The molecule has 0 saturated carbocycles. The summed E-state index contributed by atoms with van der Waals surface area (Å²) in [5.74, 6) is 0. The number of rotatable bonds is 4. The molecule has 1 aromatic heterocycles. The predicted octanol–water partition coefficient (Wildman–Crippen LogP) is 1.05. The zero-order chi connectivity index (χ0) is 9.84. The predicted molar refractivity (Wildman–Crippen MR) is 55.0 cm³/mol. The summed E-state index contributed by atoms with van der Waals surface area (Å²) in [4.78, 5) is 0. The SMILES string of the molecule is CCc1c(C)nn(C)c1CCNC. The Balaban J connectivity index is 2.89. The molecule has 3 nitrogen and oxygen atoms in total. The highest BCUT2D eigenvalue weighted by atomic mass is 15.3. The van der Waals surface area contributed by atoms with Gasteiger partial charge in [0.2, 0.25) is 0 Å². The zero-order valence-electron chi connectivity index (χ0n) is 9.02. The van der Waals surface area contributed by atoms with E-state index in [0.717, 1.165) is 19.4 Å². The van der Waals surface area contributed by atoms with E-state index in [1.54, 1.807) is 0 Å².